The van der Waals surface area contributed by atoms with Crippen molar-refractivity contribution in [2.24, 2.45) is 0 Å². The van der Waals surface area contributed by atoms with Gasteiger partial charge in [0.2, 0.25) is 5.78 Å². The van der Waals surface area contributed by atoms with Crippen LogP contribution in [0.2, 0.25) is 5.21 Å². The summed E-state index contributed by atoms with van der Waals surface area (Å²) in [7, 11) is 5.70. The fourth-order valence-corrected chi connectivity index (χ4v) is 3.47. The van der Waals surface area contributed by atoms with Crippen molar-refractivity contribution in [2.45, 2.75) is 18.2 Å². The standard InChI is InChI=1S/C15H16B3FN2O2S/c1-15(17,18)12(23)10-13(16)24-14(21-10)11(22)8-5-20-9-4-6(19)2-3-7(8)9/h2-5,12,20,23H,16-18H2,1H3. The van der Waals surface area contributed by atoms with Crippen LogP contribution in [0.5, 0.6) is 0 Å². The third kappa shape index (κ3) is 2.94. The van der Waals surface area contributed by atoms with Gasteiger partial charge < -0.3 is 10.1 Å². The molecule has 0 spiro atoms. The molecular weight excluding hydrogens is 324 g/mol. The van der Waals surface area contributed by atoms with E-state index in [1.165, 1.54) is 23.5 Å². The Hall–Kier alpha value is -1.86. The molecule has 1 aromatic carbocycles. The first-order valence-corrected chi connectivity index (χ1v) is 8.47. The molecular formula is C15H16B3FN2O2S. The highest BCUT2D eigenvalue weighted by molar-refractivity contribution is 7.21. The Morgan fingerprint density at radius 3 is 2.83 bits per heavy atom. The van der Waals surface area contributed by atoms with Gasteiger partial charge in [0.25, 0.3) is 0 Å². The molecule has 1 unspecified atom stereocenters. The maximum absolute atomic E-state index is 13.3. The smallest absolute Gasteiger partial charge is 0.223 e. The Balaban J connectivity index is 2.01. The van der Waals surface area contributed by atoms with Gasteiger partial charge in [0.05, 0.1) is 17.4 Å². The summed E-state index contributed by atoms with van der Waals surface area (Å²) in [6.45, 7) is 1.92. The number of aromatic amines is 1. The number of hydrogen-bond donors (Lipinski definition) is 2. The number of carbonyl (C=O) groups is 1. The Labute approximate surface area is 145 Å². The minimum absolute atomic E-state index is 0.228. The van der Waals surface area contributed by atoms with E-state index in [1.807, 2.05) is 30.5 Å². The summed E-state index contributed by atoms with van der Waals surface area (Å²) in [4.78, 5) is 20.1. The van der Waals surface area contributed by atoms with Gasteiger partial charge >= 0.3 is 0 Å². The lowest BCUT2D eigenvalue weighted by atomic mass is 9.52. The van der Waals surface area contributed by atoms with Gasteiger partial charge in [-0.25, -0.2) is 9.37 Å². The summed E-state index contributed by atoms with van der Waals surface area (Å²) < 4.78 is 14.1. The van der Waals surface area contributed by atoms with Crippen LogP contribution >= 0.6 is 11.3 Å². The summed E-state index contributed by atoms with van der Waals surface area (Å²) in [5.74, 6) is -0.586. The molecule has 2 heterocycles. The maximum atomic E-state index is 13.3. The molecule has 0 saturated carbocycles. The molecule has 3 aromatic rings. The number of aromatic nitrogens is 2. The zero-order chi connectivity index (χ0) is 17.6. The van der Waals surface area contributed by atoms with Crippen LogP contribution in [0.3, 0.4) is 0 Å². The first-order chi connectivity index (χ1) is 11.2. The number of nitrogens with zero attached hydrogens (tertiary/aromatic N) is 1. The van der Waals surface area contributed by atoms with Crippen LogP contribution in [0.25, 0.3) is 10.9 Å². The van der Waals surface area contributed by atoms with Crippen molar-refractivity contribution in [3.8, 4) is 0 Å². The predicted octanol–water partition coefficient (Wildman–Crippen LogP) is -0.311. The van der Waals surface area contributed by atoms with Crippen LogP contribution in [0.1, 0.15) is 34.1 Å². The van der Waals surface area contributed by atoms with Gasteiger partial charge in [-0.3, -0.25) is 4.79 Å². The van der Waals surface area contributed by atoms with Crippen molar-refractivity contribution in [1.29, 1.82) is 0 Å². The number of H-pyrrole nitrogens is 1. The fraction of sp³-hybridized carbons (Fsp3) is 0.200. The molecule has 0 amide bonds. The average Bonchev–Trinajstić information content (AvgIpc) is 3.08. The van der Waals surface area contributed by atoms with Gasteiger partial charge in [0, 0.05) is 17.1 Å². The maximum Gasteiger partial charge on any atom is 0.223 e. The highest BCUT2D eigenvalue weighted by Crippen LogP contribution is 2.33. The molecule has 0 aliphatic heterocycles. The molecule has 24 heavy (non-hydrogen) atoms. The number of nitrogens with one attached hydrogen (secondary N) is 1. The van der Waals surface area contributed by atoms with Crippen LogP contribution in [-0.2, 0) is 0 Å². The molecule has 1 atom stereocenters. The second-order valence-electron chi connectivity index (χ2n) is 6.95. The molecule has 0 aliphatic carbocycles. The van der Waals surface area contributed by atoms with Gasteiger partial charge in [-0.15, -0.1) is 11.3 Å². The lowest BCUT2D eigenvalue weighted by Gasteiger charge is -2.25. The number of thiazole rings is 1. The molecule has 4 nitrogen and oxygen atoms in total. The van der Waals surface area contributed by atoms with E-state index in [-0.39, 0.29) is 16.8 Å². The monoisotopic (exact) mass is 340 g/mol. The van der Waals surface area contributed by atoms with E-state index in [2.05, 4.69) is 9.97 Å². The molecule has 2 aromatic heterocycles. The SMILES string of the molecule is Bc1sc(C(=O)c2c[nH]c3cc(F)ccc23)nc1C(O)C(B)(B)C. The van der Waals surface area contributed by atoms with Gasteiger partial charge in [-0.2, -0.15) is 0 Å². The lowest BCUT2D eigenvalue weighted by molar-refractivity contribution is 0.103. The molecule has 0 radical (unpaired) electrons. The van der Waals surface area contributed by atoms with Gasteiger partial charge in [-0.1, -0.05) is 12.1 Å². The summed E-state index contributed by atoms with van der Waals surface area (Å²) >= 11 is 1.27. The van der Waals surface area contributed by atoms with E-state index >= 15 is 0 Å². The molecule has 9 heteroatoms. The molecule has 2 N–H and O–H groups in total. The second kappa shape index (κ2) is 5.90. The zero-order valence-electron chi connectivity index (χ0n) is 14.0. The number of benzene rings is 1. The summed E-state index contributed by atoms with van der Waals surface area (Å²) in [5.41, 5.74) is 1.57. The predicted molar refractivity (Wildman–Crippen MR) is 102 cm³/mol. The number of halogens is 1. The number of ketones is 1. The number of aliphatic hydroxyl groups is 1. The van der Waals surface area contributed by atoms with E-state index in [1.54, 1.807) is 12.3 Å². The van der Waals surface area contributed by atoms with E-state index in [0.717, 1.165) is 4.78 Å². The number of rotatable bonds is 4. The van der Waals surface area contributed by atoms with Crippen molar-refractivity contribution in [3.63, 3.8) is 0 Å². The fourth-order valence-electron chi connectivity index (χ4n) is 2.57. The van der Waals surface area contributed by atoms with Crippen LogP contribution in [0.15, 0.2) is 24.4 Å². The Morgan fingerprint density at radius 1 is 1.46 bits per heavy atom. The number of aliphatic hydroxyl groups excluding tert-OH is 1. The topological polar surface area (TPSA) is 66.0 Å². The Morgan fingerprint density at radius 2 is 2.17 bits per heavy atom. The zero-order valence-corrected chi connectivity index (χ0v) is 14.8. The van der Waals surface area contributed by atoms with Crippen LogP contribution in [-0.4, -0.2) is 44.4 Å². The Bertz CT molecular complexity index is 933. The highest BCUT2D eigenvalue weighted by atomic mass is 32.1. The van der Waals surface area contributed by atoms with E-state index in [0.29, 0.717) is 27.2 Å². The minimum atomic E-state index is -0.743. The largest absolute Gasteiger partial charge is 0.388 e. The molecule has 120 valence electrons. The summed E-state index contributed by atoms with van der Waals surface area (Å²) in [6, 6.07) is 4.27. The van der Waals surface area contributed by atoms with E-state index in [9.17, 15) is 14.3 Å². The normalized spacial score (nSPS) is 13.3. The van der Waals surface area contributed by atoms with Crippen molar-refractivity contribution >= 4 is 56.3 Å². The Kier molecular flexibility index (Phi) is 4.17. The number of carbonyl (C=O) groups excluding carboxylic acids is 1. The van der Waals surface area contributed by atoms with E-state index in [4.69, 9.17) is 0 Å². The molecule has 0 aliphatic rings. The third-order valence-electron chi connectivity index (χ3n) is 3.99. The van der Waals surface area contributed by atoms with Crippen LogP contribution in [0.4, 0.5) is 4.39 Å². The molecule has 0 bridgehead atoms. The minimum Gasteiger partial charge on any atom is -0.388 e. The number of hydrogen-bond acceptors (Lipinski definition) is 4. The van der Waals surface area contributed by atoms with Crippen molar-refractivity contribution < 1.29 is 14.3 Å². The molecule has 0 saturated heterocycles. The van der Waals surface area contributed by atoms with Crippen molar-refractivity contribution in [3.05, 3.63) is 46.5 Å². The first-order valence-electron chi connectivity index (χ1n) is 7.65. The van der Waals surface area contributed by atoms with Crippen LogP contribution < -0.4 is 4.78 Å². The van der Waals surface area contributed by atoms with Gasteiger partial charge in [0.1, 0.15) is 21.5 Å². The summed E-state index contributed by atoms with van der Waals surface area (Å²) in [6.07, 6.45) is 0.829. The first kappa shape index (κ1) is 17.0. The highest BCUT2D eigenvalue weighted by Gasteiger charge is 2.29. The molecule has 0 fully saturated rings. The molecule has 3 rings (SSSR count). The van der Waals surface area contributed by atoms with Gasteiger partial charge in [-0.05, 0) is 23.0 Å². The van der Waals surface area contributed by atoms with E-state index < -0.39 is 6.10 Å². The van der Waals surface area contributed by atoms with Gasteiger partial charge in [0.15, 0.2) is 12.9 Å². The quantitative estimate of drug-likeness (QED) is 0.506. The lowest BCUT2D eigenvalue weighted by Crippen LogP contribution is -2.23. The second-order valence-corrected chi connectivity index (χ2v) is 8.15. The average molecular weight is 340 g/mol. The van der Waals surface area contributed by atoms with Crippen molar-refractivity contribution in [2.75, 3.05) is 0 Å². The van der Waals surface area contributed by atoms with Crippen LogP contribution in [0, 0.1) is 5.82 Å². The third-order valence-corrected chi connectivity index (χ3v) is 4.98. The van der Waals surface area contributed by atoms with Crippen molar-refractivity contribution in [1.82, 2.24) is 9.97 Å². The summed E-state index contributed by atoms with van der Waals surface area (Å²) in [5, 5.41) is 11.1. The number of fused-ring (bicyclic) bond motifs is 1.